The molecule has 1 aliphatic rings. The number of hydrogen-bond acceptors (Lipinski definition) is 4. The Labute approximate surface area is 139 Å². The lowest BCUT2D eigenvalue weighted by molar-refractivity contribution is -0.140. The largest absolute Gasteiger partial charge is 0.471 e. The first-order valence-electron chi connectivity index (χ1n) is 7.97. The van der Waals surface area contributed by atoms with Gasteiger partial charge in [-0.1, -0.05) is 18.2 Å². The molecule has 0 saturated carbocycles. The normalized spacial score (nSPS) is 14.6. The maximum atomic E-state index is 12.4. The Morgan fingerprint density at radius 1 is 1.21 bits per heavy atom. The first-order chi connectivity index (χ1) is 11.7. The summed E-state index contributed by atoms with van der Waals surface area (Å²) in [6.45, 7) is 3.43. The number of para-hydroxylation sites is 2. The van der Waals surface area contributed by atoms with Crippen LogP contribution in [0.1, 0.15) is 5.69 Å². The number of carbonyl (C=O) groups excluding carboxylic acids is 1. The summed E-state index contributed by atoms with van der Waals surface area (Å²) in [6.07, 6.45) is 1.73. The fraction of sp³-hybridized carbons (Fsp3) is 0.278. The minimum absolute atomic E-state index is 0.0165. The Kier molecular flexibility index (Phi) is 3.65. The summed E-state index contributed by atoms with van der Waals surface area (Å²) < 4.78 is 7.68. The molecule has 4 rings (SSSR count). The van der Waals surface area contributed by atoms with E-state index in [4.69, 9.17) is 4.74 Å². The van der Waals surface area contributed by atoms with Crippen molar-refractivity contribution in [3.05, 3.63) is 54.5 Å². The summed E-state index contributed by atoms with van der Waals surface area (Å²) in [4.78, 5) is 22.8. The molecular formula is C18H18N4O2. The van der Waals surface area contributed by atoms with Crippen molar-refractivity contribution in [2.24, 2.45) is 0 Å². The summed E-state index contributed by atoms with van der Waals surface area (Å²) in [5.41, 5.74) is 2.80. The quantitative estimate of drug-likeness (QED) is 0.737. The first kappa shape index (κ1) is 14.7. The molecule has 0 spiro atoms. The third-order valence-electron chi connectivity index (χ3n) is 4.18. The predicted molar refractivity (Wildman–Crippen MR) is 89.7 cm³/mol. The maximum Gasteiger partial charge on any atom is 0.242 e. The number of rotatable bonds is 4. The molecule has 0 bridgehead atoms. The van der Waals surface area contributed by atoms with Crippen molar-refractivity contribution in [1.82, 2.24) is 19.4 Å². The molecule has 1 saturated heterocycles. The number of nitrogens with zero attached hydrogens (tertiary/aromatic N) is 4. The lowest BCUT2D eigenvalue weighted by Gasteiger charge is -2.38. The van der Waals surface area contributed by atoms with Crippen molar-refractivity contribution in [3.63, 3.8) is 0 Å². The number of carbonyl (C=O) groups is 1. The van der Waals surface area contributed by atoms with Crippen LogP contribution in [0, 0.1) is 6.92 Å². The number of benzene rings is 1. The highest BCUT2D eigenvalue weighted by Gasteiger charge is 2.32. The Hall–Kier alpha value is -2.89. The van der Waals surface area contributed by atoms with Gasteiger partial charge in [0.2, 0.25) is 11.8 Å². The van der Waals surface area contributed by atoms with Gasteiger partial charge < -0.3 is 14.2 Å². The van der Waals surface area contributed by atoms with Crippen molar-refractivity contribution >= 4 is 16.9 Å². The van der Waals surface area contributed by atoms with Gasteiger partial charge in [-0.25, -0.2) is 9.97 Å². The van der Waals surface area contributed by atoms with Gasteiger partial charge in [0.05, 0.1) is 30.5 Å². The van der Waals surface area contributed by atoms with Gasteiger partial charge in [-0.2, -0.15) is 0 Å². The average Bonchev–Trinajstić information content (AvgIpc) is 2.94. The van der Waals surface area contributed by atoms with Crippen molar-refractivity contribution in [2.75, 3.05) is 13.1 Å². The monoisotopic (exact) mass is 322 g/mol. The molecule has 6 nitrogen and oxygen atoms in total. The summed E-state index contributed by atoms with van der Waals surface area (Å²) in [6, 6.07) is 13.5. The summed E-state index contributed by atoms with van der Waals surface area (Å²) >= 11 is 0. The van der Waals surface area contributed by atoms with E-state index in [0.29, 0.717) is 25.5 Å². The molecular weight excluding hydrogens is 304 g/mol. The Morgan fingerprint density at radius 2 is 2.04 bits per heavy atom. The smallest absolute Gasteiger partial charge is 0.242 e. The highest BCUT2D eigenvalue weighted by Crippen LogP contribution is 2.18. The van der Waals surface area contributed by atoms with E-state index >= 15 is 0 Å². The fourth-order valence-electron chi connectivity index (χ4n) is 2.85. The average molecular weight is 322 g/mol. The lowest BCUT2D eigenvalue weighted by atomic mass is 10.1. The van der Waals surface area contributed by atoms with E-state index in [1.807, 2.05) is 54.0 Å². The van der Waals surface area contributed by atoms with E-state index < -0.39 is 0 Å². The van der Waals surface area contributed by atoms with Gasteiger partial charge in [0, 0.05) is 11.8 Å². The maximum absolute atomic E-state index is 12.4. The van der Waals surface area contributed by atoms with Crippen LogP contribution >= 0.6 is 0 Å². The van der Waals surface area contributed by atoms with E-state index in [0.717, 1.165) is 16.7 Å². The van der Waals surface area contributed by atoms with Crippen LogP contribution in [-0.2, 0) is 11.3 Å². The molecule has 24 heavy (non-hydrogen) atoms. The van der Waals surface area contributed by atoms with Gasteiger partial charge in [0.15, 0.2) is 0 Å². The standard InChI is InChI=1S/C18H18N4O2/c1-13-5-4-8-17(20-13)24-14-9-21(10-14)18(23)11-22-12-19-15-6-2-3-7-16(15)22/h2-8,12,14H,9-11H2,1H3. The highest BCUT2D eigenvalue weighted by molar-refractivity contribution is 5.81. The molecule has 2 aromatic heterocycles. The summed E-state index contributed by atoms with van der Waals surface area (Å²) in [5, 5.41) is 0. The molecule has 3 heterocycles. The second-order valence-electron chi connectivity index (χ2n) is 6.02. The molecule has 122 valence electrons. The number of ether oxygens (including phenoxy) is 1. The third-order valence-corrected chi connectivity index (χ3v) is 4.18. The number of hydrogen-bond donors (Lipinski definition) is 0. The molecule has 0 N–H and O–H groups in total. The Balaban J connectivity index is 1.34. The van der Waals surface area contributed by atoms with Gasteiger partial charge in [0.1, 0.15) is 12.6 Å². The molecule has 1 aliphatic heterocycles. The molecule has 1 fully saturated rings. The van der Waals surface area contributed by atoms with Gasteiger partial charge in [-0.15, -0.1) is 0 Å². The molecule has 0 radical (unpaired) electrons. The van der Waals surface area contributed by atoms with Gasteiger partial charge in [-0.3, -0.25) is 4.79 Å². The van der Waals surface area contributed by atoms with Crippen LogP contribution in [0.15, 0.2) is 48.8 Å². The van der Waals surface area contributed by atoms with Crippen LogP contribution in [0.4, 0.5) is 0 Å². The minimum atomic E-state index is 0.0165. The van der Waals surface area contributed by atoms with Crippen molar-refractivity contribution in [2.45, 2.75) is 19.6 Å². The lowest BCUT2D eigenvalue weighted by Crippen LogP contribution is -2.57. The molecule has 1 aromatic carbocycles. The van der Waals surface area contributed by atoms with Crippen molar-refractivity contribution in [3.8, 4) is 5.88 Å². The van der Waals surface area contributed by atoms with E-state index in [1.54, 1.807) is 11.2 Å². The molecule has 0 atom stereocenters. The van der Waals surface area contributed by atoms with E-state index in [2.05, 4.69) is 9.97 Å². The molecule has 1 amide bonds. The predicted octanol–water partition coefficient (Wildman–Crippen LogP) is 2.03. The number of fused-ring (bicyclic) bond motifs is 1. The first-order valence-corrected chi connectivity index (χ1v) is 7.97. The number of aryl methyl sites for hydroxylation is 1. The highest BCUT2D eigenvalue weighted by atomic mass is 16.5. The molecule has 3 aromatic rings. The van der Waals surface area contributed by atoms with Crippen LogP contribution in [0.5, 0.6) is 5.88 Å². The van der Waals surface area contributed by atoms with Crippen LogP contribution in [-0.4, -0.2) is 44.5 Å². The van der Waals surface area contributed by atoms with Gasteiger partial charge in [0.25, 0.3) is 0 Å². The Morgan fingerprint density at radius 3 is 2.88 bits per heavy atom. The van der Waals surface area contributed by atoms with Crippen molar-refractivity contribution in [1.29, 1.82) is 0 Å². The molecule has 0 aliphatic carbocycles. The number of aromatic nitrogens is 3. The molecule has 0 unspecified atom stereocenters. The summed E-state index contributed by atoms with van der Waals surface area (Å²) in [5.74, 6) is 0.697. The molecule has 6 heteroatoms. The number of amides is 1. The van der Waals surface area contributed by atoms with E-state index in [9.17, 15) is 4.79 Å². The topological polar surface area (TPSA) is 60.2 Å². The second kappa shape index (κ2) is 5.96. The number of imidazole rings is 1. The van der Waals surface area contributed by atoms with Gasteiger partial charge in [-0.05, 0) is 25.1 Å². The number of pyridine rings is 1. The van der Waals surface area contributed by atoms with E-state index in [1.165, 1.54) is 0 Å². The fourth-order valence-corrected chi connectivity index (χ4v) is 2.85. The Bertz CT molecular complexity index is 883. The third kappa shape index (κ3) is 2.82. The van der Waals surface area contributed by atoms with Crippen LogP contribution in [0.2, 0.25) is 0 Å². The number of likely N-dealkylation sites (tertiary alicyclic amines) is 1. The van der Waals surface area contributed by atoms with Crippen LogP contribution in [0.25, 0.3) is 11.0 Å². The SMILES string of the molecule is Cc1cccc(OC2CN(C(=O)Cn3cnc4ccccc43)C2)n1. The van der Waals surface area contributed by atoms with E-state index in [-0.39, 0.29) is 12.0 Å². The minimum Gasteiger partial charge on any atom is -0.471 e. The van der Waals surface area contributed by atoms with Crippen LogP contribution < -0.4 is 4.74 Å². The van der Waals surface area contributed by atoms with Gasteiger partial charge >= 0.3 is 0 Å². The zero-order chi connectivity index (χ0) is 16.5. The van der Waals surface area contributed by atoms with Crippen LogP contribution in [0.3, 0.4) is 0 Å². The van der Waals surface area contributed by atoms with Crippen molar-refractivity contribution < 1.29 is 9.53 Å². The zero-order valence-corrected chi connectivity index (χ0v) is 13.4. The summed E-state index contributed by atoms with van der Waals surface area (Å²) in [7, 11) is 0. The second-order valence-corrected chi connectivity index (χ2v) is 6.02. The zero-order valence-electron chi connectivity index (χ0n) is 13.4.